The van der Waals surface area contributed by atoms with E-state index in [9.17, 15) is 0 Å². The predicted molar refractivity (Wildman–Crippen MR) is 121 cm³/mol. The molecule has 156 valence electrons. The van der Waals surface area contributed by atoms with E-state index >= 15 is 0 Å². The maximum Gasteiger partial charge on any atom is 0.218 e. The third-order valence-electron chi connectivity index (χ3n) is 6.09. The van der Waals surface area contributed by atoms with Gasteiger partial charge in [-0.15, -0.1) is 24.0 Å². The summed E-state index contributed by atoms with van der Waals surface area (Å²) in [6.45, 7) is 7.48. The van der Waals surface area contributed by atoms with Crippen LogP contribution < -0.4 is 10.1 Å². The fourth-order valence-corrected chi connectivity index (χ4v) is 4.49. The van der Waals surface area contributed by atoms with Crippen LogP contribution in [0.4, 0.5) is 0 Å². The maximum atomic E-state index is 6.17. The quantitative estimate of drug-likeness (QED) is 0.381. The van der Waals surface area contributed by atoms with Crippen LogP contribution in [-0.2, 0) is 11.3 Å². The zero-order valence-corrected chi connectivity index (χ0v) is 19.2. The van der Waals surface area contributed by atoms with E-state index in [0.29, 0.717) is 18.1 Å². The number of likely N-dealkylation sites (tertiary alicyclic amines) is 1. The van der Waals surface area contributed by atoms with Gasteiger partial charge in [0.05, 0.1) is 13.2 Å². The second-order valence-electron chi connectivity index (χ2n) is 8.14. The number of hydrogen-bond acceptors (Lipinski definition) is 4. The topological polar surface area (TPSA) is 59.0 Å². The molecule has 3 aliphatic rings. The Morgan fingerprint density at radius 3 is 3.00 bits per heavy atom. The highest BCUT2D eigenvalue weighted by Gasteiger charge is 2.42. The number of ether oxygens (including phenoxy) is 2. The van der Waals surface area contributed by atoms with Gasteiger partial charge in [-0.3, -0.25) is 0 Å². The van der Waals surface area contributed by atoms with E-state index < -0.39 is 0 Å². The Balaban J connectivity index is 0.00000225. The van der Waals surface area contributed by atoms with Gasteiger partial charge in [0.25, 0.3) is 0 Å². The number of nitrogens with zero attached hydrogens (tertiary/aromatic N) is 3. The van der Waals surface area contributed by atoms with Crippen molar-refractivity contribution in [2.75, 3.05) is 32.8 Å². The van der Waals surface area contributed by atoms with Gasteiger partial charge in [-0.1, -0.05) is 6.07 Å². The lowest BCUT2D eigenvalue weighted by atomic mass is 9.87. The van der Waals surface area contributed by atoms with Crippen LogP contribution in [0.5, 0.6) is 5.88 Å². The van der Waals surface area contributed by atoms with Crippen LogP contribution in [0.25, 0.3) is 0 Å². The molecular weight excluding hydrogens is 467 g/mol. The molecule has 2 saturated heterocycles. The Morgan fingerprint density at radius 1 is 1.39 bits per heavy atom. The summed E-state index contributed by atoms with van der Waals surface area (Å²) in [5, 5.41) is 3.47. The molecule has 0 bridgehead atoms. The first kappa shape index (κ1) is 21.6. The molecule has 7 heteroatoms. The number of aromatic nitrogens is 1. The molecule has 1 aromatic rings. The van der Waals surface area contributed by atoms with E-state index in [2.05, 4.69) is 28.2 Å². The monoisotopic (exact) mass is 500 g/mol. The van der Waals surface area contributed by atoms with Crippen LogP contribution in [0.15, 0.2) is 23.3 Å². The number of rotatable bonds is 5. The van der Waals surface area contributed by atoms with Crippen LogP contribution in [0.2, 0.25) is 0 Å². The molecule has 0 amide bonds. The molecule has 0 radical (unpaired) electrons. The molecule has 1 spiro atoms. The van der Waals surface area contributed by atoms with Crippen LogP contribution >= 0.6 is 24.0 Å². The molecule has 1 aromatic heterocycles. The molecular formula is C21H33IN4O2. The van der Waals surface area contributed by atoms with Crippen LogP contribution in [0.3, 0.4) is 0 Å². The molecule has 1 aliphatic carbocycles. The van der Waals surface area contributed by atoms with Crippen LogP contribution in [0.1, 0.15) is 51.0 Å². The summed E-state index contributed by atoms with van der Waals surface area (Å²) in [5.41, 5.74) is 1.40. The van der Waals surface area contributed by atoms with Gasteiger partial charge in [0.15, 0.2) is 5.96 Å². The Hall–Kier alpha value is -1.09. The van der Waals surface area contributed by atoms with Crippen molar-refractivity contribution in [2.24, 2.45) is 10.4 Å². The van der Waals surface area contributed by atoms with Gasteiger partial charge in [-0.05, 0) is 51.5 Å². The van der Waals surface area contributed by atoms with Crippen molar-refractivity contribution in [1.82, 2.24) is 15.2 Å². The molecule has 28 heavy (non-hydrogen) atoms. The lowest BCUT2D eigenvalue weighted by molar-refractivity contribution is 0.156. The highest BCUT2D eigenvalue weighted by molar-refractivity contribution is 14.0. The fourth-order valence-electron chi connectivity index (χ4n) is 4.49. The molecule has 0 aromatic carbocycles. The molecule has 3 heterocycles. The van der Waals surface area contributed by atoms with Gasteiger partial charge in [0, 0.05) is 43.4 Å². The number of pyridine rings is 1. The third-order valence-corrected chi connectivity index (χ3v) is 6.09. The Kier molecular flexibility index (Phi) is 7.79. The highest BCUT2D eigenvalue weighted by atomic mass is 127. The lowest BCUT2D eigenvalue weighted by Crippen LogP contribution is -2.41. The zero-order chi connectivity index (χ0) is 18.5. The van der Waals surface area contributed by atoms with E-state index in [-0.39, 0.29) is 24.0 Å². The van der Waals surface area contributed by atoms with E-state index in [1.54, 1.807) is 0 Å². The van der Waals surface area contributed by atoms with Crippen molar-refractivity contribution < 1.29 is 9.47 Å². The smallest absolute Gasteiger partial charge is 0.218 e. The molecule has 1 unspecified atom stereocenters. The number of hydrogen-bond donors (Lipinski definition) is 1. The average Bonchev–Trinajstić information content (AvgIpc) is 3.44. The van der Waals surface area contributed by atoms with Crippen LogP contribution in [-0.4, -0.2) is 54.8 Å². The first-order valence-corrected chi connectivity index (χ1v) is 10.5. The van der Waals surface area contributed by atoms with E-state index in [1.807, 2.05) is 12.3 Å². The van der Waals surface area contributed by atoms with Gasteiger partial charge >= 0.3 is 0 Å². The summed E-state index contributed by atoms with van der Waals surface area (Å²) in [6.07, 6.45) is 9.29. The molecule has 3 fully saturated rings. The van der Waals surface area contributed by atoms with Gasteiger partial charge in [0.1, 0.15) is 6.10 Å². The first-order chi connectivity index (χ1) is 13.3. The van der Waals surface area contributed by atoms with Gasteiger partial charge in [-0.2, -0.15) is 0 Å². The molecule has 6 nitrogen and oxygen atoms in total. The van der Waals surface area contributed by atoms with Crippen molar-refractivity contribution in [1.29, 1.82) is 0 Å². The maximum absolute atomic E-state index is 6.17. The van der Waals surface area contributed by atoms with Crippen molar-refractivity contribution in [2.45, 2.75) is 58.1 Å². The SMILES string of the molecule is CCNC(=NCc1cccnc1OC1CCCC1)N1CCC2(CCOC2)C1.I. The minimum atomic E-state index is 0. The standard InChI is InChI=1S/C21H32N4O2.HI/c1-2-22-20(25-12-9-21(15-25)10-13-26-16-21)24-14-17-6-5-11-23-19(17)27-18-7-3-4-8-18;/h5-6,11,18H,2-4,7-10,12-16H2,1H3,(H,22,24);1H. The normalized spacial score (nSPS) is 25.3. The summed E-state index contributed by atoms with van der Waals surface area (Å²) in [7, 11) is 0. The Morgan fingerprint density at radius 2 is 2.25 bits per heavy atom. The molecule has 2 aliphatic heterocycles. The zero-order valence-electron chi connectivity index (χ0n) is 16.9. The minimum Gasteiger partial charge on any atom is -0.474 e. The first-order valence-electron chi connectivity index (χ1n) is 10.5. The lowest BCUT2D eigenvalue weighted by Gasteiger charge is -2.25. The van der Waals surface area contributed by atoms with Crippen molar-refractivity contribution >= 4 is 29.9 Å². The Labute approximate surface area is 185 Å². The second-order valence-corrected chi connectivity index (χ2v) is 8.14. The third kappa shape index (κ3) is 5.09. The van der Waals surface area contributed by atoms with Gasteiger partial charge < -0.3 is 19.7 Å². The summed E-state index contributed by atoms with van der Waals surface area (Å²) < 4.78 is 11.8. The summed E-state index contributed by atoms with van der Waals surface area (Å²) in [6, 6.07) is 4.06. The van der Waals surface area contributed by atoms with Gasteiger partial charge in [0.2, 0.25) is 5.88 Å². The van der Waals surface area contributed by atoms with Crippen molar-refractivity contribution in [3.05, 3.63) is 23.9 Å². The number of halogens is 1. The number of guanidine groups is 1. The fraction of sp³-hybridized carbons (Fsp3) is 0.714. The van der Waals surface area contributed by atoms with E-state index in [4.69, 9.17) is 14.5 Å². The van der Waals surface area contributed by atoms with Crippen LogP contribution in [0, 0.1) is 5.41 Å². The summed E-state index contributed by atoms with van der Waals surface area (Å²) >= 11 is 0. The summed E-state index contributed by atoms with van der Waals surface area (Å²) in [5.74, 6) is 1.75. The highest BCUT2D eigenvalue weighted by Crippen LogP contribution is 2.38. The second kappa shape index (κ2) is 10.1. The number of aliphatic imine (C=N–C) groups is 1. The molecule has 1 saturated carbocycles. The average molecular weight is 500 g/mol. The van der Waals surface area contributed by atoms with E-state index in [1.165, 1.54) is 25.7 Å². The Bertz CT molecular complexity index is 658. The molecule has 1 atom stereocenters. The van der Waals surface area contributed by atoms with Crippen molar-refractivity contribution in [3.63, 3.8) is 0 Å². The molecule has 4 rings (SSSR count). The molecule has 1 N–H and O–H groups in total. The predicted octanol–water partition coefficient (Wildman–Crippen LogP) is 3.60. The minimum absolute atomic E-state index is 0. The van der Waals surface area contributed by atoms with Gasteiger partial charge in [-0.25, -0.2) is 9.98 Å². The summed E-state index contributed by atoms with van der Waals surface area (Å²) in [4.78, 5) is 11.8. The largest absolute Gasteiger partial charge is 0.474 e. The van der Waals surface area contributed by atoms with Crippen molar-refractivity contribution in [3.8, 4) is 5.88 Å². The van der Waals surface area contributed by atoms with E-state index in [0.717, 1.165) is 63.1 Å². The number of nitrogens with one attached hydrogen (secondary N) is 1.